The minimum absolute atomic E-state index is 0.0671. The van der Waals surface area contributed by atoms with Crippen LogP contribution in [0.4, 0.5) is 5.82 Å². The third kappa shape index (κ3) is 3.53. The smallest absolute Gasteiger partial charge is 0.261 e. The number of rotatable bonds is 4. The largest absolute Gasteiger partial charge is 0.479 e. The average molecular weight is 396 g/mol. The van der Waals surface area contributed by atoms with E-state index in [1.54, 1.807) is 30.6 Å². The summed E-state index contributed by atoms with van der Waals surface area (Å²) in [6.07, 6.45) is 5.03. The molecule has 0 atom stereocenters. The van der Waals surface area contributed by atoms with Gasteiger partial charge in [-0.1, -0.05) is 0 Å². The number of piperazine rings is 1. The van der Waals surface area contributed by atoms with Crippen molar-refractivity contribution in [2.45, 2.75) is 13.8 Å². The van der Waals surface area contributed by atoms with E-state index in [-0.39, 0.29) is 5.91 Å². The van der Waals surface area contributed by atoms with Gasteiger partial charge in [0.25, 0.3) is 5.91 Å². The topological polar surface area (TPSA) is 94.2 Å². The molecule has 4 heterocycles. The minimum atomic E-state index is -0.0671. The lowest BCUT2D eigenvalue weighted by Crippen LogP contribution is -2.49. The molecule has 0 bridgehead atoms. The summed E-state index contributed by atoms with van der Waals surface area (Å²) in [5.41, 5.74) is 2.51. The van der Waals surface area contributed by atoms with Gasteiger partial charge in [-0.3, -0.25) is 14.0 Å². The molecule has 1 fully saturated rings. The number of ether oxygens (including phenoxy) is 1. The number of methoxy groups -OCH3 is 1. The van der Waals surface area contributed by atoms with E-state index in [2.05, 4.69) is 25.0 Å². The predicted octanol–water partition coefficient (Wildman–Crippen LogP) is 0.984. The Kier molecular flexibility index (Phi) is 4.91. The first-order chi connectivity index (χ1) is 14.0. The zero-order chi connectivity index (χ0) is 20.5. The molecule has 1 aliphatic rings. The number of amides is 1. The molecule has 0 N–H and O–H groups in total. The summed E-state index contributed by atoms with van der Waals surface area (Å²) in [7, 11) is 3.29. The highest BCUT2D eigenvalue weighted by Gasteiger charge is 2.26. The zero-order valence-corrected chi connectivity index (χ0v) is 17.0. The highest BCUT2D eigenvalue weighted by atomic mass is 16.5. The number of anilines is 1. The number of nitrogens with zero attached hydrogens (tertiary/aromatic N) is 8. The quantitative estimate of drug-likeness (QED) is 0.649. The van der Waals surface area contributed by atoms with Gasteiger partial charge >= 0.3 is 0 Å². The highest BCUT2D eigenvalue weighted by Crippen LogP contribution is 2.21. The molecule has 0 saturated carbocycles. The van der Waals surface area contributed by atoms with E-state index in [9.17, 15) is 4.79 Å². The Balaban J connectivity index is 1.47. The third-order valence-corrected chi connectivity index (χ3v) is 5.25. The number of aromatic nitrogens is 6. The first-order valence-corrected chi connectivity index (χ1v) is 9.42. The van der Waals surface area contributed by atoms with Crippen LogP contribution in [0.15, 0.2) is 24.9 Å². The molecular formula is C19H24N8O2. The van der Waals surface area contributed by atoms with Gasteiger partial charge in [0.1, 0.15) is 29.9 Å². The number of hydrogen-bond acceptors (Lipinski definition) is 7. The SMILES string of the molecule is COc1nn(C)cc1C(=O)N1CCN(c2cc(-n3cnc(C)c3C)ncn2)CC1. The van der Waals surface area contributed by atoms with Gasteiger partial charge in [0.05, 0.1) is 12.8 Å². The number of carbonyl (C=O) groups excluding carboxylic acids is 1. The number of carbonyl (C=O) groups is 1. The lowest BCUT2D eigenvalue weighted by Gasteiger charge is -2.35. The summed E-state index contributed by atoms with van der Waals surface area (Å²) in [4.78, 5) is 30.0. The second kappa shape index (κ2) is 7.53. The molecule has 0 radical (unpaired) electrons. The van der Waals surface area contributed by atoms with Gasteiger partial charge in [0, 0.05) is 51.2 Å². The summed E-state index contributed by atoms with van der Waals surface area (Å²) in [6.45, 7) is 6.56. The van der Waals surface area contributed by atoms with Gasteiger partial charge in [-0.05, 0) is 13.8 Å². The first kappa shape index (κ1) is 18.9. The van der Waals surface area contributed by atoms with Crippen LogP contribution in [0.2, 0.25) is 0 Å². The van der Waals surface area contributed by atoms with Crippen LogP contribution in [0, 0.1) is 13.8 Å². The summed E-state index contributed by atoms with van der Waals surface area (Å²) >= 11 is 0. The Morgan fingerprint density at radius 3 is 2.45 bits per heavy atom. The molecule has 3 aromatic rings. The molecule has 1 amide bonds. The van der Waals surface area contributed by atoms with Crippen LogP contribution in [-0.2, 0) is 7.05 Å². The van der Waals surface area contributed by atoms with Crippen molar-refractivity contribution in [3.8, 4) is 11.7 Å². The molecule has 0 unspecified atom stereocenters. The second-order valence-corrected chi connectivity index (χ2v) is 7.02. The molecule has 10 nitrogen and oxygen atoms in total. The molecule has 0 aromatic carbocycles. The van der Waals surface area contributed by atoms with Crippen molar-refractivity contribution in [3.63, 3.8) is 0 Å². The standard InChI is InChI=1S/C19H24N8O2/c1-13-14(2)27(12-22-13)17-9-16(20-11-21-17)25-5-7-26(8-6-25)19(28)15-10-24(3)23-18(15)29-4/h9-12H,5-8H2,1-4H3. The normalized spacial score (nSPS) is 14.3. The lowest BCUT2D eigenvalue weighted by atomic mass is 10.2. The minimum Gasteiger partial charge on any atom is -0.479 e. The van der Waals surface area contributed by atoms with E-state index in [1.165, 1.54) is 7.11 Å². The van der Waals surface area contributed by atoms with Gasteiger partial charge in [-0.2, -0.15) is 0 Å². The molecule has 152 valence electrons. The Labute approximate surface area is 168 Å². The van der Waals surface area contributed by atoms with Gasteiger partial charge in [-0.25, -0.2) is 15.0 Å². The first-order valence-electron chi connectivity index (χ1n) is 9.42. The van der Waals surface area contributed by atoms with E-state index in [1.807, 2.05) is 29.4 Å². The van der Waals surface area contributed by atoms with Crippen molar-refractivity contribution in [2.24, 2.45) is 7.05 Å². The third-order valence-electron chi connectivity index (χ3n) is 5.25. The van der Waals surface area contributed by atoms with Crippen molar-refractivity contribution in [3.05, 3.63) is 41.9 Å². The maximum absolute atomic E-state index is 12.9. The summed E-state index contributed by atoms with van der Waals surface area (Å²) in [6, 6.07) is 1.95. The van der Waals surface area contributed by atoms with E-state index in [0.717, 1.165) is 23.0 Å². The molecule has 10 heteroatoms. The van der Waals surface area contributed by atoms with E-state index < -0.39 is 0 Å². The number of aryl methyl sites for hydroxylation is 2. The predicted molar refractivity (Wildman–Crippen MR) is 107 cm³/mol. The second-order valence-electron chi connectivity index (χ2n) is 7.02. The van der Waals surface area contributed by atoms with Gasteiger partial charge in [0.15, 0.2) is 0 Å². The maximum atomic E-state index is 12.9. The highest BCUT2D eigenvalue weighted by molar-refractivity contribution is 5.96. The van der Waals surface area contributed by atoms with Gasteiger partial charge in [-0.15, -0.1) is 5.10 Å². The van der Waals surface area contributed by atoms with Crippen LogP contribution >= 0.6 is 0 Å². The molecule has 1 saturated heterocycles. The summed E-state index contributed by atoms with van der Waals surface area (Å²) in [5, 5.41) is 4.17. The van der Waals surface area contributed by atoms with Gasteiger partial charge in [0.2, 0.25) is 5.88 Å². The molecule has 29 heavy (non-hydrogen) atoms. The van der Waals surface area contributed by atoms with Crippen LogP contribution in [-0.4, -0.2) is 73.4 Å². The molecular weight excluding hydrogens is 372 g/mol. The molecule has 3 aromatic heterocycles. The Morgan fingerprint density at radius 1 is 1.07 bits per heavy atom. The van der Waals surface area contributed by atoms with Crippen LogP contribution in [0.25, 0.3) is 5.82 Å². The van der Waals surface area contributed by atoms with Crippen molar-refractivity contribution in [2.75, 3.05) is 38.2 Å². The Hall–Kier alpha value is -3.43. The van der Waals surface area contributed by atoms with Gasteiger partial charge < -0.3 is 14.5 Å². The molecule has 0 aliphatic carbocycles. The fraction of sp³-hybridized carbons (Fsp3) is 0.421. The molecule has 0 spiro atoms. The molecule has 1 aliphatic heterocycles. The maximum Gasteiger partial charge on any atom is 0.261 e. The Bertz CT molecular complexity index is 1030. The van der Waals surface area contributed by atoms with E-state index in [4.69, 9.17) is 4.74 Å². The summed E-state index contributed by atoms with van der Waals surface area (Å²) < 4.78 is 8.76. The number of hydrogen-bond donors (Lipinski definition) is 0. The van der Waals surface area contributed by atoms with Crippen molar-refractivity contribution in [1.82, 2.24) is 34.2 Å². The fourth-order valence-corrected chi connectivity index (χ4v) is 3.45. The zero-order valence-electron chi connectivity index (χ0n) is 17.0. The van der Waals surface area contributed by atoms with Crippen LogP contribution in [0.3, 0.4) is 0 Å². The monoisotopic (exact) mass is 396 g/mol. The van der Waals surface area contributed by atoms with E-state index in [0.29, 0.717) is 37.6 Å². The van der Waals surface area contributed by atoms with Crippen LogP contribution in [0.1, 0.15) is 21.7 Å². The Morgan fingerprint density at radius 2 is 1.79 bits per heavy atom. The van der Waals surface area contributed by atoms with Crippen LogP contribution < -0.4 is 9.64 Å². The lowest BCUT2D eigenvalue weighted by molar-refractivity contribution is 0.0743. The van der Waals surface area contributed by atoms with Crippen molar-refractivity contribution in [1.29, 1.82) is 0 Å². The van der Waals surface area contributed by atoms with Crippen molar-refractivity contribution < 1.29 is 9.53 Å². The number of imidazole rings is 1. The van der Waals surface area contributed by atoms with E-state index >= 15 is 0 Å². The molecule has 4 rings (SSSR count). The average Bonchev–Trinajstić information content (AvgIpc) is 3.29. The summed E-state index contributed by atoms with van der Waals surface area (Å²) in [5.74, 6) is 1.91. The fourth-order valence-electron chi connectivity index (χ4n) is 3.45. The van der Waals surface area contributed by atoms with Crippen molar-refractivity contribution >= 4 is 11.7 Å². The van der Waals surface area contributed by atoms with Crippen LogP contribution in [0.5, 0.6) is 5.88 Å².